The van der Waals surface area contributed by atoms with Crippen LogP contribution >= 0.6 is 15.9 Å². The Morgan fingerprint density at radius 1 is 1.17 bits per heavy atom. The molecule has 5 heteroatoms. The number of rotatable bonds is 6. The lowest BCUT2D eigenvalue weighted by Gasteiger charge is -2.07. The first-order chi connectivity index (χ1) is 11.1. The summed E-state index contributed by atoms with van der Waals surface area (Å²) in [4.78, 5) is 11.9. The van der Waals surface area contributed by atoms with E-state index < -0.39 is 0 Å². The van der Waals surface area contributed by atoms with Crippen LogP contribution in [0.4, 0.5) is 0 Å². The lowest BCUT2D eigenvalue weighted by molar-refractivity contribution is -0.116. The van der Waals surface area contributed by atoms with Gasteiger partial charge in [0.25, 0.3) is 0 Å². The van der Waals surface area contributed by atoms with Gasteiger partial charge in [0, 0.05) is 28.7 Å². The van der Waals surface area contributed by atoms with E-state index in [1.807, 2.05) is 36.4 Å². The molecular weight excluding hydrogens is 358 g/mol. The van der Waals surface area contributed by atoms with Gasteiger partial charge in [-0.05, 0) is 35.9 Å². The number of carbonyl (C=O) groups excluding carboxylic acids is 1. The topological polar surface area (TPSA) is 47.6 Å². The molecule has 2 aromatic rings. The molecule has 0 aromatic heterocycles. The molecule has 1 N–H and O–H groups in total. The van der Waals surface area contributed by atoms with Gasteiger partial charge < -0.3 is 14.8 Å². The van der Waals surface area contributed by atoms with E-state index in [9.17, 15) is 4.79 Å². The summed E-state index contributed by atoms with van der Waals surface area (Å²) in [7, 11) is 3.18. The monoisotopic (exact) mass is 375 g/mol. The molecule has 2 rings (SSSR count). The smallest absolute Gasteiger partial charge is 0.244 e. The predicted octanol–water partition coefficient (Wildman–Crippen LogP) is 3.80. The van der Waals surface area contributed by atoms with E-state index in [0.29, 0.717) is 18.0 Å². The van der Waals surface area contributed by atoms with E-state index in [1.165, 1.54) is 6.08 Å². The van der Waals surface area contributed by atoms with Gasteiger partial charge in [-0.3, -0.25) is 4.79 Å². The van der Waals surface area contributed by atoms with Crippen molar-refractivity contribution in [2.24, 2.45) is 0 Å². The SMILES string of the molecule is COc1ccc(/C=C/C(=O)NCc2cccc(Br)c2)c(OC)c1. The highest BCUT2D eigenvalue weighted by atomic mass is 79.9. The Morgan fingerprint density at radius 2 is 2.00 bits per heavy atom. The minimum atomic E-state index is -0.164. The van der Waals surface area contributed by atoms with Crippen molar-refractivity contribution in [3.63, 3.8) is 0 Å². The molecule has 0 radical (unpaired) electrons. The van der Waals surface area contributed by atoms with Crippen molar-refractivity contribution in [3.8, 4) is 11.5 Å². The van der Waals surface area contributed by atoms with E-state index in [0.717, 1.165) is 15.6 Å². The van der Waals surface area contributed by atoms with Crippen LogP contribution in [0, 0.1) is 0 Å². The second kappa shape index (κ2) is 8.39. The van der Waals surface area contributed by atoms with Crippen molar-refractivity contribution in [2.75, 3.05) is 14.2 Å². The van der Waals surface area contributed by atoms with Gasteiger partial charge in [-0.25, -0.2) is 0 Å². The summed E-state index contributed by atoms with van der Waals surface area (Å²) >= 11 is 3.41. The molecule has 4 nitrogen and oxygen atoms in total. The molecule has 0 bridgehead atoms. The number of ether oxygens (including phenoxy) is 2. The molecule has 0 fully saturated rings. The van der Waals surface area contributed by atoms with Crippen LogP contribution in [-0.4, -0.2) is 20.1 Å². The van der Waals surface area contributed by atoms with Gasteiger partial charge in [0.1, 0.15) is 11.5 Å². The minimum Gasteiger partial charge on any atom is -0.497 e. The number of benzene rings is 2. The molecule has 0 unspecified atom stereocenters. The maximum absolute atomic E-state index is 11.9. The highest BCUT2D eigenvalue weighted by Crippen LogP contribution is 2.25. The first kappa shape index (κ1) is 17.1. The zero-order valence-electron chi connectivity index (χ0n) is 13.0. The lowest BCUT2D eigenvalue weighted by atomic mass is 10.1. The van der Waals surface area contributed by atoms with E-state index in [4.69, 9.17) is 9.47 Å². The Balaban J connectivity index is 1.98. The first-order valence-electron chi connectivity index (χ1n) is 7.05. The Labute approximate surface area is 144 Å². The Morgan fingerprint density at radius 3 is 2.70 bits per heavy atom. The van der Waals surface area contributed by atoms with Crippen molar-refractivity contribution in [1.29, 1.82) is 0 Å². The number of halogens is 1. The molecular formula is C18H18BrNO3. The van der Waals surface area contributed by atoms with Crippen molar-refractivity contribution in [2.45, 2.75) is 6.54 Å². The van der Waals surface area contributed by atoms with Gasteiger partial charge in [-0.1, -0.05) is 28.1 Å². The molecule has 23 heavy (non-hydrogen) atoms. The fourth-order valence-corrected chi connectivity index (χ4v) is 2.46. The number of methoxy groups -OCH3 is 2. The maximum atomic E-state index is 11.9. The van der Waals surface area contributed by atoms with Crippen molar-refractivity contribution in [3.05, 3.63) is 64.1 Å². The van der Waals surface area contributed by atoms with E-state index >= 15 is 0 Å². The van der Waals surface area contributed by atoms with Crippen LogP contribution in [0.2, 0.25) is 0 Å². The number of hydrogen-bond acceptors (Lipinski definition) is 3. The second-order valence-corrected chi connectivity index (χ2v) is 5.70. The zero-order valence-corrected chi connectivity index (χ0v) is 14.6. The van der Waals surface area contributed by atoms with E-state index in [2.05, 4.69) is 21.2 Å². The summed E-state index contributed by atoms with van der Waals surface area (Å²) in [5.41, 5.74) is 1.84. The van der Waals surface area contributed by atoms with Crippen molar-refractivity contribution in [1.82, 2.24) is 5.32 Å². The minimum absolute atomic E-state index is 0.164. The summed E-state index contributed by atoms with van der Waals surface area (Å²) in [5, 5.41) is 2.84. The average Bonchev–Trinajstić information content (AvgIpc) is 2.58. The fraction of sp³-hybridized carbons (Fsp3) is 0.167. The van der Waals surface area contributed by atoms with Gasteiger partial charge in [0.15, 0.2) is 0 Å². The van der Waals surface area contributed by atoms with Crippen LogP contribution in [-0.2, 0) is 11.3 Å². The standard InChI is InChI=1S/C18H18BrNO3/c1-22-16-8-6-14(17(11-16)23-2)7-9-18(21)20-12-13-4-3-5-15(19)10-13/h3-11H,12H2,1-2H3,(H,20,21)/b9-7+. The first-order valence-corrected chi connectivity index (χ1v) is 7.84. The van der Waals surface area contributed by atoms with Gasteiger partial charge in [0.05, 0.1) is 14.2 Å². The zero-order chi connectivity index (χ0) is 16.7. The van der Waals surface area contributed by atoms with E-state index in [1.54, 1.807) is 26.4 Å². The summed E-state index contributed by atoms with van der Waals surface area (Å²) < 4.78 is 11.4. The molecule has 0 aliphatic heterocycles. The number of amides is 1. The highest BCUT2D eigenvalue weighted by Gasteiger charge is 2.03. The van der Waals surface area contributed by atoms with Crippen molar-refractivity contribution >= 4 is 27.9 Å². The summed E-state index contributed by atoms with van der Waals surface area (Å²) in [6, 6.07) is 13.2. The van der Waals surface area contributed by atoms with Crippen LogP contribution in [0.15, 0.2) is 53.0 Å². The molecule has 2 aromatic carbocycles. The summed E-state index contributed by atoms with van der Waals surface area (Å²) in [5.74, 6) is 1.20. The largest absolute Gasteiger partial charge is 0.497 e. The quantitative estimate of drug-likeness (QED) is 0.781. The summed E-state index contributed by atoms with van der Waals surface area (Å²) in [6.45, 7) is 0.475. The molecule has 0 spiro atoms. The molecule has 0 aliphatic carbocycles. The van der Waals surface area contributed by atoms with E-state index in [-0.39, 0.29) is 5.91 Å². The number of carbonyl (C=O) groups is 1. The third-order valence-electron chi connectivity index (χ3n) is 3.21. The summed E-state index contributed by atoms with van der Waals surface area (Å²) in [6.07, 6.45) is 3.21. The molecule has 0 aliphatic rings. The lowest BCUT2D eigenvalue weighted by Crippen LogP contribution is -2.20. The van der Waals surface area contributed by atoms with Gasteiger partial charge in [0.2, 0.25) is 5.91 Å². The molecule has 0 heterocycles. The van der Waals surface area contributed by atoms with Crippen LogP contribution in [0.3, 0.4) is 0 Å². The van der Waals surface area contributed by atoms with Gasteiger partial charge in [-0.2, -0.15) is 0 Å². The van der Waals surface area contributed by atoms with Crippen molar-refractivity contribution < 1.29 is 14.3 Å². The Hall–Kier alpha value is -2.27. The molecule has 0 saturated heterocycles. The number of hydrogen-bond donors (Lipinski definition) is 1. The van der Waals surface area contributed by atoms with Gasteiger partial charge in [-0.15, -0.1) is 0 Å². The van der Waals surface area contributed by atoms with Crippen LogP contribution in [0.5, 0.6) is 11.5 Å². The Kier molecular flexibility index (Phi) is 6.23. The fourth-order valence-electron chi connectivity index (χ4n) is 2.02. The normalized spacial score (nSPS) is 10.6. The third-order valence-corrected chi connectivity index (χ3v) is 3.70. The van der Waals surface area contributed by atoms with Crippen LogP contribution < -0.4 is 14.8 Å². The highest BCUT2D eigenvalue weighted by molar-refractivity contribution is 9.10. The second-order valence-electron chi connectivity index (χ2n) is 4.79. The average molecular weight is 376 g/mol. The van der Waals surface area contributed by atoms with Gasteiger partial charge >= 0.3 is 0 Å². The molecule has 0 saturated carbocycles. The Bertz CT molecular complexity index is 713. The third kappa shape index (κ3) is 5.14. The molecule has 1 amide bonds. The predicted molar refractivity (Wildman–Crippen MR) is 94.6 cm³/mol. The van der Waals surface area contributed by atoms with Crippen LogP contribution in [0.1, 0.15) is 11.1 Å². The molecule has 0 atom stereocenters. The molecule has 120 valence electrons. The number of nitrogens with one attached hydrogen (secondary N) is 1. The maximum Gasteiger partial charge on any atom is 0.244 e. The van der Waals surface area contributed by atoms with Crippen LogP contribution in [0.25, 0.3) is 6.08 Å².